The summed E-state index contributed by atoms with van der Waals surface area (Å²) in [5, 5.41) is 8.59. The number of anilines is 1. The van der Waals surface area contributed by atoms with Crippen molar-refractivity contribution in [3.8, 4) is 0 Å². The molecule has 1 aliphatic rings. The molecule has 1 heterocycles. The molecule has 2 amide bonds. The molecule has 1 aromatic carbocycles. The largest absolute Gasteiger partial charge is 0.339 e. The van der Waals surface area contributed by atoms with Crippen LogP contribution < -0.4 is 10.3 Å². The molecular weight excluding hydrogens is 410 g/mol. The van der Waals surface area contributed by atoms with Crippen LogP contribution in [0.4, 0.5) is 5.69 Å². The van der Waals surface area contributed by atoms with Gasteiger partial charge in [0.25, 0.3) is 5.91 Å². The van der Waals surface area contributed by atoms with Crippen LogP contribution in [0.3, 0.4) is 0 Å². The van der Waals surface area contributed by atoms with Crippen LogP contribution in [0.5, 0.6) is 0 Å². The number of nitrogens with zero attached hydrogens (tertiary/aromatic N) is 2. The van der Waals surface area contributed by atoms with Gasteiger partial charge in [-0.05, 0) is 25.5 Å². The lowest BCUT2D eigenvalue weighted by atomic mass is 10.0. The number of benzene rings is 1. The Balaban J connectivity index is 1.45. The highest BCUT2D eigenvalue weighted by Crippen LogP contribution is 2.20. The van der Waals surface area contributed by atoms with Crippen LogP contribution >= 0.6 is 0 Å². The third-order valence-electron chi connectivity index (χ3n) is 6.44. The van der Waals surface area contributed by atoms with Gasteiger partial charge in [0.15, 0.2) is 6.04 Å². The molecule has 0 saturated heterocycles. The predicted molar refractivity (Wildman–Crippen MR) is 139 cm³/mol. The Morgan fingerprint density at radius 2 is 1.30 bits per heavy atom. The number of amides is 2. The fourth-order valence-corrected chi connectivity index (χ4v) is 4.38. The van der Waals surface area contributed by atoms with Crippen LogP contribution in [-0.4, -0.2) is 23.6 Å². The van der Waals surface area contributed by atoms with Crippen LogP contribution in [0.1, 0.15) is 117 Å². The third-order valence-corrected chi connectivity index (χ3v) is 6.44. The van der Waals surface area contributed by atoms with E-state index in [1.54, 1.807) is 6.92 Å². The Morgan fingerprint density at radius 1 is 0.818 bits per heavy atom. The van der Waals surface area contributed by atoms with Crippen molar-refractivity contribution >= 4 is 23.2 Å². The highest BCUT2D eigenvalue weighted by molar-refractivity contribution is 6.19. The van der Waals surface area contributed by atoms with E-state index in [9.17, 15) is 9.59 Å². The first-order chi connectivity index (χ1) is 16.1. The first-order valence-electron chi connectivity index (χ1n) is 13.4. The summed E-state index contributed by atoms with van der Waals surface area (Å²) in [6.07, 6.45) is 20.1. The van der Waals surface area contributed by atoms with E-state index in [0.717, 1.165) is 18.5 Å². The van der Waals surface area contributed by atoms with Gasteiger partial charge in [-0.1, -0.05) is 115 Å². The molecule has 0 aliphatic carbocycles. The van der Waals surface area contributed by atoms with E-state index in [1.807, 2.05) is 30.3 Å². The molecule has 1 aliphatic heterocycles. The summed E-state index contributed by atoms with van der Waals surface area (Å²) in [6.45, 7) is 4.06. The van der Waals surface area contributed by atoms with Gasteiger partial charge in [0.05, 0.1) is 11.4 Å². The molecule has 5 heteroatoms. The monoisotopic (exact) mass is 455 g/mol. The van der Waals surface area contributed by atoms with E-state index in [-0.39, 0.29) is 11.8 Å². The van der Waals surface area contributed by atoms with Gasteiger partial charge in [-0.25, -0.2) is 0 Å². The zero-order valence-electron chi connectivity index (χ0n) is 21.0. The van der Waals surface area contributed by atoms with E-state index in [2.05, 4.69) is 17.3 Å². The number of rotatable bonds is 18. The van der Waals surface area contributed by atoms with Crippen molar-refractivity contribution in [1.29, 1.82) is 0 Å². The van der Waals surface area contributed by atoms with E-state index < -0.39 is 6.04 Å². The van der Waals surface area contributed by atoms with Crippen molar-refractivity contribution in [2.75, 3.05) is 5.01 Å². The van der Waals surface area contributed by atoms with E-state index >= 15 is 0 Å². The number of carbonyl (C=O) groups is 2. The van der Waals surface area contributed by atoms with Crippen molar-refractivity contribution in [3.63, 3.8) is 0 Å². The average molecular weight is 456 g/mol. The highest BCUT2D eigenvalue weighted by Gasteiger charge is 2.35. The molecule has 0 saturated carbocycles. The Kier molecular flexibility index (Phi) is 13.5. The van der Waals surface area contributed by atoms with Gasteiger partial charge in [0, 0.05) is 6.42 Å². The number of unbranched alkanes of at least 4 members (excludes halogenated alkanes) is 14. The molecule has 2 rings (SSSR count). The fourth-order valence-electron chi connectivity index (χ4n) is 4.38. The molecule has 1 unspecified atom stereocenters. The maximum absolute atomic E-state index is 12.7. The lowest BCUT2D eigenvalue weighted by molar-refractivity contribution is -0.125. The molecular formula is C28H45N3O2. The van der Waals surface area contributed by atoms with Crippen LogP contribution in [0.15, 0.2) is 35.4 Å². The Morgan fingerprint density at radius 3 is 1.82 bits per heavy atom. The topological polar surface area (TPSA) is 61.8 Å². The maximum atomic E-state index is 12.7. The molecule has 1 N–H and O–H groups in total. The SMILES string of the molecule is CCCCCCCCCCCCCCCCCC(=O)NC1C(=O)N(c2ccccc2)N=C1C. The van der Waals surface area contributed by atoms with E-state index in [1.165, 1.54) is 88.5 Å². The predicted octanol–water partition coefficient (Wildman–Crippen LogP) is 7.16. The molecule has 1 atom stereocenters. The Labute approximate surface area is 201 Å². The minimum Gasteiger partial charge on any atom is -0.339 e. The van der Waals surface area contributed by atoms with E-state index in [0.29, 0.717) is 12.1 Å². The molecule has 184 valence electrons. The van der Waals surface area contributed by atoms with Gasteiger partial charge in [-0.3, -0.25) is 9.59 Å². The quantitative estimate of drug-likeness (QED) is 0.239. The smallest absolute Gasteiger partial charge is 0.275 e. The second-order valence-corrected chi connectivity index (χ2v) is 9.43. The second-order valence-electron chi connectivity index (χ2n) is 9.43. The van der Waals surface area contributed by atoms with Crippen molar-refractivity contribution < 1.29 is 9.59 Å². The van der Waals surface area contributed by atoms with Crippen molar-refractivity contribution in [3.05, 3.63) is 30.3 Å². The number of carbonyl (C=O) groups excluding carboxylic acids is 2. The maximum Gasteiger partial charge on any atom is 0.275 e. The number of nitrogens with one attached hydrogen (secondary N) is 1. The van der Waals surface area contributed by atoms with Crippen LogP contribution in [0, 0.1) is 0 Å². The van der Waals surface area contributed by atoms with Gasteiger partial charge in [0.1, 0.15) is 0 Å². The molecule has 0 aromatic heterocycles. The molecule has 0 spiro atoms. The van der Waals surface area contributed by atoms with Crippen molar-refractivity contribution in [2.24, 2.45) is 5.10 Å². The number of hydrazone groups is 1. The van der Waals surface area contributed by atoms with Gasteiger partial charge >= 0.3 is 0 Å². The normalized spacial score (nSPS) is 15.7. The standard InChI is InChI=1S/C28H45N3O2/c1-3-4-5-6-7-8-9-10-11-12-13-14-15-16-20-23-26(32)29-27-24(2)30-31(28(27)33)25-21-18-17-19-22-25/h17-19,21-22,27H,3-16,20,23H2,1-2H3,(H,29,32). The van der Waals surface area contributed by atoms with Gasteiger partial charge in [-0.15, -0.1) is 0 Å². The van der Waals surface area contributed by atoms with Crippen LogP contribution in [0.25, 0.3) is 0 Å². The van der Waals surface area contributed by atoms with Crippen molar-refractivity contribution in [2.45, 2.75) is 123 Å². The summed E-state index contributed by atoms with van der Waals surface area (Å²) in [4.78, 5) is 25.0. The summed E-state index contributed by atoms with van der Waals surface area (Å²) >= 11 is 0. The minimum atomic E-state index is -0.644. The molecule has 0 bridgehead atoms. The molecule has 33 heavy (non-hydrogen) atoms. The second kappa shape index (κ2) is 16.4. The number of hydrogen-bond acceptors (Lipinski definition) is 3. The summed E-state index contributed by atoms with van der Waals surface area (Å²) in [5.74, 6) is -0.254. The molecule has 1 aromatic rings. The van der Waals surface area contributed by atoms with Gasteiger partial charge in [0.2, 0.25) is 5.91 Å². The lowest BCUT2D eigenvalue weighted by Gasteiger charge is -2.15. The number of hydrogen-bond donors (Lipinski definition) is 1. The van der Waals surface area contributed by atoms with Crippen LogP contribution in [0.2, 0.25) is 0 Å². The number of para-hydroxylation sites is 1. The molecule has 5 nitrogen and oxygen atoms in total. The molecule has 0 fully saturated rings. The van der Waals surface area contributed by atoms with Crippen LogP contribution in [-0.2, 0) is 9.59 Å². The highest BCUT2D eigenvalue weighted by atomic mass is 16.2. The third kappa shape index (κ3) is 10.5. The lowest BCUT2D eigenvalue weighted by Crippen LogP contribution is -2.45. The molecule has 0 radical (unpaired) electrons. The first kappa shape index (κ1) is 27.1. The van der Waals surface area contributed by atoms with Gasteiger partial charge in [-0.2, -0.15) is 10.1 Å². The zero-order chi connectivity index (χ0) is 23.7. The zero-order valence-corrected chi connectivity index (χ0v) is 21.0. The summed E-state index contributed by atoms with van der Waals surface area (Å²) in [5.41, 5.74) is 1.36. The minimum absolute atomic E-state index is 0.0625. The van der Waals surface area contributed by atoms with E-state index in [4.69, 9.17) is 0 Å². The Bertz CT molecular complexity index is 717. The first-order valence-corrected chi connectivity index (χ1v) is 13.4. The fraction of sp³-hybridized carbons (Fsp3) is 0.679. The summed E-state index contributed by atoms with van der Waals surface area (Å²) in [7, 11) is 0. The Hall–Kier alpha value is -2.17. The summed E-state index contributed by atoms with van der Waals surface area (Å²) < 4.78 is 0. The average Bonchev–Trinajstić information content (AvgIpc) is 3.10. The summed E-state index contributed by atoms with van der Waals surface area (Å²) in [6, 6.07) is 8.68. The van der Waals surface area contributed by atoms with Crippen molar-refractivity contribution in [1.82, 2.24) is 5.32 Å². The van der Waals surface area contributed by atoms with Gasteiger partial charge < -0.3 is 5.32 Å².